The lowest BCUT2D eigenvalue weighted by Gasteiger charge is -2.04. The molecule has 0 aliphatic rings. The summed E-state index contributed by atoms with van der Waals surface area (Å²) in [6.07, 6.45) is 2.63. The van der Waals surface area contributed by atoms with Gasteiger partial charge < -0.3 is 10.1 Å². The summed E-state index contributed by atoms with van der Waals surface area (Å²) < 4.78 is 1.35. The van der Waals surface area contributed by atoms with Crippen LogP contribution in [0.1, 0.15) is 16.1 Å². The van der Waals surface area contributed by atoms with E-state index in [2.05, 4.69) is 22.6 Å². The molecule has 0 radical (unpaired) electrons. The second-order valence-electron chi connectivity index (χ2n) is 3.86. The van der Waals surface area contributed by atoms with Gasteiger partial charge in [0, 0.05) is 6.42 Å². The molecule has 0 aromatic carbocycles. The second kappa shape index (κ2) is 5.54. The van der Waals surface area contributed by atoms with Gasteiger partial charge in [-0.05, 0) is 16.3 Å². The number of imidazole rings is 1. The van der Waals surface area contributed by atoms with E-state index in [0.717, 1.165) is 11.3 Å². The molecule has 2 rings (SSSR count). The second-order valence-corrected chi connectivity index (χ2v) is 5.53. The number of aromatic nitrogens is 3. The van der Waals surface area contributed by atoms with Crippen LogP contribution in [0, 0.1) is 20.2 Å². The van der Waals surface area contributed by atoms with E-state index in [1.807, 2.05) is 0 Å². The summed E-state index contributed by atoms with van der Waals surface area (Å²) in [7, 11) is 1.53. The topological polar surface area (TPSA) is 117 Å². The van der Waals surface area contributed by atoms with Crippen molar-refractivity contribution in [3.05, 3.63) is 43.5 Å². The van der Waals surface area contributed by atoms with Gasteiger partial charge in [-0.15, -0.1) is 0 Å². The number of nitro groups is 2. The molecule has 9 nitrogen and oxygen atoms in total. The summed E-state index contributed by atoms with van der Waals surface area (Å²) in [5, 5.41) is 21.3. The molecule has 0 fully saturated rings. The summed E-state index contributed by atoms with van der Waals surface area (Å²) in [6, 6.07) is 0. The first-order valence-corrected chi connectivity index (χ1v) is 6.66. The van der Waals surface area contributed by atoms with Gasteiger partial charge in [0.15, 0.2) is 5.82 Å². The van der Waals surface area contributed by atoms with E-state index >= 15 is 0 Å². The van der Waals surface area contributed by atoms with Crippen molar-refractivity contribution in [2.75, 3.05) is 0 Å². The molecule has 2 heterocycles. The third kappa shape index (κ3) is 2.77. The van der Waals surface area contributed by atoms with Crippen molar-refractivity contribution in [3.63, 3.8) is 0 Å². The molecular weight excluding hydrogens is 306 g/mol. The van der Waals surface area contributed by atoms with Crippen molar-refractivity contribution < 1.29 is 9.85 Å². The number of thiol groups is 1. The first-order chi connectivity index (χ1) is 9.40. The lowest BCUT2D eigenvalue weighted by atomic mass is 10.3. The molecule has 0 spiro atoms. The normalized spacial score (nSPS) is 12.3. The molecular formula is C9H9N5O4S2. The van der Waals surface area contributed by atoms with Gasteiger partial charge in [-0.25, -0.2) is 14.5 Å². The predicted octanol–water partition coefficient (Wildman–Crippen LogP) is 1.91. The molecule has 1 unspecified atom stereocenters. The Hall–Kier alpha value is -2.01. The monoisotopic (exact) mass is 315 g/mol. The highest BCUT2D eigenvalue weighted by Gasteiger charge is 2.22. The maximum atomic E-state index is 10.7. The standard InChI is InChI=1S/C9H9N5O4S2/c1-12-6(10-3-7(12)13(15)16)2-5(19)9-11-4-8(20-9)14(17)18/h3-5,19H,2H2,1H3. The van der Waals surface area contributed by atoms with Crippen molar-refractivity contribution >= 4 is 34.8 Å². The van der Waals surface area contributed by atoms with Crippen LogP contribution in [-0.4, -0.2) is 24.4 Å². The minimum absolute atomic E-state index is 0.0649. The van der Waals surface area contributed by atoms with E-state index < -0.39 is 15.1 Å². The van der Waals surface area contributed by atoms with E-state index in [-0.39, 0.29) is 17.2 Å². The number of nitrogens with zero attached hydrogens (tertiary/aromatic N) is 5. The Labute approximate surface area is 122 Å². The van der Waals surface area contributed by atoms with Gasteiger partial charge in [0.1, 0.15) is 17.4 Å². The summed E-state index contributed by atoms with van der Waals surface area (Å²) in [5.41, 5.74) is 0. The third-order valence-corrected chi connectivity index (χ3v) is 4.26. The first-order valence-electron chi connectivity index (χ1n) is 5.33. The average Bonchev–Trinajstić information content (AvgIpc) is 2.97. The van der Waals surface area contributed by atoms with Crippen LogP contribution in [0.5, 0.6) is 0 Å². The van der Waals surface area contributed by atoms with Gasteiger partial charge >= 0.3 is 10.8 Å². The molecule has 0 aliphatic carbocycles. The first kappa shape index (κ1) is 14.4. The van der Waals surface area contributed by atoms with Crippen LogP contribution in [-0.2, 0) is 13.5 Å². The van der Waals surface area contributed by atoms with Crippen molar-refractivity contribution in [2.45, 2.75) is 11.7 Å². The molecule has 20 heavy (non-hydrogen) atoms. The van der Waals surface area contributed by atoms with Crippen molar-refractivity contribution in [3.8, 4) is 0 Å². The van der Waals surface area contributed by atoms with Gasteiger partial charge in [-0.1, -0.05) is 0 Å². The van der Waals surface area contributed by atoms with Crippen molar-refractivity contribution in [1.29, 1.82) is 0 Å². The third-order valence-electron chi connectivity index (χ3n) is 2.60. The van der Waals surface area contributed by atoms with E-state index in [9.17, 15) is 20.2 Å². The SMILES string of the molecule is Cn1c([N+](=O)[O-])cnc1CC(S)c1ncc([N+](=O)[O-])s1. The highest BCUT2D eigenvalue weighted by atomic mass is 32.1. The Morgan fingerprint density at radius 2 is 2.05 bits per heavy atom. The van der Waals surface area contributed by atoms with E-state index in [1.165, 1.54) is 24.0 Å². The van der Waals surface area contributed by atoms with Crippen LogP contribution >= 0.6 is 24.0 Å². The Bertz CT molecular complexity index is 667. The molecule has 0 bridgehead atoms. The zero-order valence-corrected chi connectivity index (χ0v) is 11.9. The molecule has 0 aliphatic heterocycles. The van der Waals surface area contributed by atoms with Crippen LogP contribution in [0.2, 0.25) is 0 Å². The summed E-state index contributed by atoms with van der Waals surface area (Å²) in [6.45, 7) is 0. The molecule has 2 aromatic rings. The van der Waals surface area contributed by atoms with Gasteiger partial charge in [0.25, 0.3) is 0 Å². The fourth-order valence-corrected chi connectivity index (χ4v) is 2.68. The summed E-state index contributed by atoms with van der Waals surface area (Å²) >= 11 is 5.25. The molecule has 0 N–H and O–H groups in total. The van der Waals surface area contributed by atoms with Gasteiger partial charge in [-0.2, -0.15) is 12.6 Å². The Morgan fingerprint density at radius 3 is 2.55 bits per heavy atom. The number of hydrogen-bond donors (Lipinski definition) is 1. The van der Waals surface area contributed by atoms with Crippen LogP contribution in [0.4, 0.5) is 10.8 Å². The van der Waals surface area contributed by atoms with Crippen LogP contribution in [0.3, 0.4) is 0 Å². The molecule has 0 saturated heterocycles. The van der Waals surface area contributed by atoms with E-state index in [1.54, 1.807) is 0 Å². The van der Waals surface area contributed by atoms with Crippen molar-refractivity contribution in [2.24, 2.45) is 7.05 Å². The molecule has 0 saturated carbocycles. The number of rotatable bonds is 5. The quantitative estimate of drug-likeness (QED) is 0.511. The smallest absolute Gasteiger partial charge is 0.343 e. The zero-order chi connectivity index (χ0) is 14.9. The average molecular weight is 315 g/mol. The van der Waals surface area contributed by atoms with E-state index in [4.69, 9.17) is 0 Å². The zero-order valence-electron chi connectivity index (χ0n) is 10.2. The lowest BCUT2D eigenvalue weighted by Crippen LogP contribution is -2.05. The largest absolute Gasteiger partial charge is 0.358 e. The molecule has 0 amide bonds. The highest BCUT2D eigenvalue weighted by molar-refractivity contribution is 7.80. The molecule has 11 heteroatoms. The fraction of sp³-hybridized carbons (Fsp3) is 0.333. The van der Waals surface area contributed by atoms with Crippen molar-refractivity contribution in [1.82, 2.24) is 14.5 Å². The fourth-order valence-electron chi connectivity index (χ4n) is 1.57. The Balaban J connectivity index is 2.16. The van der Waals surface area contributed by atoms with Crippen LogP contribution in [0.25, 0.3) is 0 Å². The highest BCUT2D eigenvalue weighted by Crippen LogP contribution is 2.31. The Morgan fingerprint density at radius 1 is 1.35 bits per heavy atom. The molecule has 106 valence electrons. The minimum atomic E-state index is -0.530. The van der Waals surface area contributed by atoms with Gasteiger partial charge in [0.2, 0.25) is 0 Å². The number of hydrogen-bond acceptors (Lipinski definition) is 8. The lowest BCUT2D eigenvalue weighted by molar-refractivity contribution is -0.391. The summed E-state index contributed by atoms with van der Waals surface area (Å²) in [4.78, 5) is 28.1. The predicted molar refractivity (Wildman–Crippen MR) is 74.1 cm³/mol. The van der Waals surface area contributed by atoms with Crippen LogP contribution < -0.4 is 0 Å². The van der Waals surface area contributed by atoms with E-state index in [0.29, 0.717) is 10.8 Å². The maximum absolute atomic E-state index is 10.7. The van der Waals surface area contributed by atoms with Gasteiger partial charge in [-0.3, -0.25) is 10.1 Å². The summed E-state index contributed by atoms with van der Waals surface area (Å²) in [5.74, 6) is 0.347. The molecule has 1 atom stereocenters. The van der Waals surface area contributed by atoms with Crippen LogP contribution in [0.15, 0.2) is 12.4 Å². The molecule has 2 aromatic heterocycles. The maximum Gasteiger partial charge on any atom is 0.343 e. The number of thiazole rings is 1. The van der Waals surface area contributed by atoms with Gasteiger partial charge in [0.05, 0.1) is 17.2 Å². The minimum Gasteiger partial charge on any atom is -0.358 e. The Kier molecular flexibility index (Phi) is 3.99.